The number of fused-ring (bicyclic) bond motifs is 1. The summed E-state index contributed by atoms with van der Waals surface area (Å²) in [5.41, 5.74) is 6.12. The number of aromatic hydroxyl groups is 1. The molecule has 1 atom stereocenters. The molecule has 0 aliphatic carbocycles. The zero-order valence-corrected chi connectivity index (χ0v) is 23.3. The summed E-state index contributed by atoms with van der Waals surface area (Å²) in [6.45, 7) is 5.20. The maximum absolute atomic E-state index is 13.2. The van der Waals surface area contributed by atoms with E-state index in [1.165, 1.54) is 18.4 Å². The molecule has 3 aromatic carbocycles. The van der Waals surface area contributed by atoms with Gasteiger partial charge in [-0.1, -0.05) is 42.5 Å². The number of nitrogens with zero attached hydrogens (tertiary/aromatic N) is 4. The highest BCUT2D eigenvalue weighted by molar-refractivity contribution is 6.22. The number of aryl methyl sites for hydroxylation is 1. The Morgan fingerprint density at radius 1 is 1.05 bits per heavy atom. The molecular formula is C33H34N6O2. The molecule has 2 aromatic heterocycles. The van der Waals surface area contributed by atoms with E-state index in [2.05, 4.69) is 32.4 Å². The van der Waals surface area contributed by atoms with E-state index in [-0.39, 0.29) is 17.8 Å². The van der Waals surface area contributed by atoms with Crippen molar-refractivity contribution in [3.63, 3.8) is 0 Å². The molecular weight excluding hydrogens is 512 g/mol. The fourth-order valence-electron chi connectivity index (χ4n) is 5.48. The lowest BCUT2D eigenvalue weighted by atomic mass is 10.0. The topological polar surface area (TPSA) is 98.5 Å². The number of aromatic amines is 1. The predicted molar refractivity (Wildman–Crippen MR) is 162 cm³/mol. The number of likely N-dealkylation sites (tertiary alicyclic amines) is 1. The summed E-state index contributed by atoms with van der Waals surface area (Å²) in [4.78, 5) is 23.8. The maximum atomic E-state index is 13.2. The SMILES string of the molecule is C[C@@H](NC(=O)c1ccc2[nH]c(O)c(C(=Nc3ccc(CN4CCCC4)cc3)c3cnn(C)c3)c2c1)c1ccccc1. The normalized spacial score (nSPS) is 14.9. The number of carbonyl (C=O) groups is 1. The highest BCUT2D eigenvalue weighted by atomic mass is 16.3. The number of benzene rings is 3. The summed E-state index contributed by atoms with van der Waals surface area (Å²) in [5.74, 6) is -0.202. The predicted octanol–water partition coefficient (Wildman–Crippen LogP) is 5.86. The average Bonchev–Trinajstić information content (AvgIpc) is 3.73. The van der Waals surface area contributed by atoms with E-state index in [0.29, 0.717) is 27.7 Å². The first-order valence-corrected chi connectivity index (χ1v) is 14.0. The summed E-state index contributed by atoms with van der Waals surface area (Å²) in [6, 6.07) is 23.3. The van der Waals surface area contributed by atoms with Crippen molar-refractivity contribution in [3.8, 4) is 5.88 Å². The average molecular weight is 547 g/mol. The van der Waals surface area contributed by atoms with Crippen LogP contribution in [0.3, 0.4) is 0 Å². The van der Waals surface area contributed by atoms with Crippen LogP contribution in [0.15, 0.2) is 90.2 Å². The number of carbonyl (C=O) groups excluding carboxylic acids is 1. The van der Waals surface area contributed by atoms with Gasteiger partial charge in [0, 0.05) is 41.8 Å². The van der Waals surface area contributed by atoms with Gasteiger partial charge >= 0.3 is 0 Å². The largest absolute Gasteiger partial charge is 0.494 e. The first-order valence-electron chi connectivity index (χ1n) is 14.0. The van der Waals surface area contributed by atoms with Crippen LogP contribution in [-0.2, 0) is 13.6 Å². The van der Waals surface area contributed by atoms with Crippen LogP contribution in [0, 0.1) is 0 Å². The summed E-state index contributed by atoms with van der Waals surface area (Å²) in [7, 11) is 1.85. The van der Waals surface area contributed by atoms with Crippen LogP contribution in [0.25, 0.3) is 10.9 Å². The molecule has 8 nitrogen and oxygen atoms in total. The van der Waals surface area contributed by atoms with E-state index < -0.39 is 0 Å². The van der Waals surface area contributed by atoms with Gasteiger partial charge in [-0.25, -0.2) is 4.99 Å². The van der Waals surface area contributed by atoms with E-state index in [4.69, 9.17) is 4.99 Å². The van der Waals surface area contributed by atoms with Gasteiger partial charge in [-0.05, 0) is 74.3 Å². The number of nitrogens with one attached hydrogen (secondary N) is 2. The Kier molecular flexibility index (Phi) is 7.39. The Hall–Kier alpha value is -4.69. The Morgan fingerprint density at radius 3 is 2.51 bits per heavy atom. The molecule has 0 radical (unpaired) electrons. The van der Waals surface area contributed by atoms with Crippen LogP contribution in [0.5, 0.6) is 5.88 Å². The molecule has 0 unspecified atom stereocenters. The Bertz CT molecular complexity index is 1700. The maximum Gasteiger partial charge on any atom is 0.251 e. The van der Waals surface area contributed by atoms with Crippen LogP contribution in [0.2, 0.25) is 0 Å². The highest BCUT2D eigenvalue weighted by Crippen LogP contribution is 2.32. The molecule has 1 aliphatic heterocycles. The summed E-state index contributed by atoms with van der Waals surface area (Å²) in [5, 5.41) is 19.2. The quantitative estimate of drug-likeness (QED) is 0.212. The second-order valence-electron chi connectivity index (χ2n) is 10.7. The van der Waals surface area contributed by atoms with Gasteiger partial charge in [0.2, 0.25) is 0 Å². The Morgan fingerprint density at radius 2 is 1.80 bits per heavy atom. The minimum Gasteiger partial charge on any atom is -0.494 e. The van der Waals surface area contributed by atoms with Gasteiger partial charge in [0.25, 0.3) is 5.91 Å². The molecule has 0 spiro atoms. The van der Waals surface area contributed by atoms with Crippen molar-refractivity contribution >= 4 is 28.2 Å². The first-order chi connectivity index (χ1) is 19.9. The molecule has 41 heavy (non-hydrogen) atoms. The van der Waals surface area contributed by atoms with E-state index in [0.717, 1.165) is 36.4 Å². The van der Waals surface area contributed by atoms with Crippen molar-refractivity contribution in [2.75, 3.05) is 13.1 Å². The smallest absolute Gasteiger partial charge is 0.251 e. The van der Waals surface area contributed by atoms with Gasteiger partial charge < -0.3 is 15.4 Å². The molecule has 8 heteroatoms. The van der Waals surface area contributed by atoms with Crippen LogP contribution >= 0.6 is 0 Å². The number of aliphatic imine (C=N–C) groups is 1. The van der Waals surface area contributed by atoms with Crippen LogP contribution in [0.4, 0.5) is 5.69 Å². The van der Waals surface area contributed by atoms with Gasteiger partial charge in [0.15, 0.2) is 5.88 Å². The second-order valence-corrected chi connectivity index (χ2v) is 10.7. The van der Waals surface area contributed by atoms with Gasteiger partial charge in [0.1, 0.15) is 0 Å². The second kappa shape index (κ2) is 11.4. The lowest BCUT2D eigenvalue weighted by Gasteiger charge is -2.14. The molecule has 0 saturated carbocycles. The number of aromatic nitrogens is 3. The number of hydrogen-bond donors (Lipinski definition) is 3. The van der Waals surface area contributed by atoms with Crippen molar-refractivity contribution in [2.24, 2.45) is 12.0 Å². The van der Waals surface area contributed by atoms with Crippen LogP contribution in [-0.4, -0.2) is 49.5 Å². The van der Waals surface area contributed by atoms with Crippen LogP contribution < -0.4 is 5.32 Å². The Labute approximate surface area is 239 Å². The minimum atomic E-state index is -0.191. The summed E-state index contributed by atoms with van der Waals surface area (Å²) < 4.78 is 1.71. The van der Waals surface area contributed by atoms with Gasteiger partial charge in [-0.2, -0.15) is 5.10 Å². The molecule has 0 bridgehead atoms. The standard InChI is InChI=1S/C33H34N6O2/c1-22(24-8-4-3-5-9-24)35-32(40)25-12-15-29-28(18-25)30(33(41)37-29)31(26-19-34-38(2)21-26)36-27-13-10-23(11-14-27)20-39-16-6-7-17-39/h3-5,8-15,18-19,21-22,37,41H,6-7,16-17,20H2,1-2H3,(H,35,40)/t22-/m1/s1. The number of H-pyrrole nitrogens is 1. The van der Waals surface area contributed by atoms with Crippen molar-refractivity contribution < 1.29 is 9.90 Å². The highest BCUT2D eigenvalue weighted by Gasteiger charge is 2.22. The first kappa shape index (κ1) is 26.5. The zero-order valence-electron chi connectivity index (χ0n) is 23.3. The third-order valence-electron chi connectivity index (χ3n) is 7.69. The molecule has 1 saturated heterocycles. The molecule has 1 aliphatic rings. The third-order valence-corrected chi connectivity index (χ3v) is 7.69. The molecule has 6 rings (SSSR count). The monoisotopic (exact) mass is 546 g/mol. The summed E-state index contributed by atoms with van der Waals surface area (Å²) in [6.07, 6.45) is 6.13. The van der Waals surface area contributed by atoms with E-state index in [1.807, 2.05) is 68.7 Å². The van der Waals surface area contributed by atoms with E-state index >= 15 is 0 Å². The third kappa shape index (κ3) is 5.78. The zero-order chi connectivity index (χ0) is 28.3. The molecule has 208 valence electrons. The molecule has 1 amide bonds. The molecule has 5 aromatic rings. The fourth-order valence-corrected chi connectivity index (χ4v) is 5.48. The van der Waals surface area contributed by atoms with E-state index in [1.54, 1.807) is 23.0 Å². The lowest BCUT2D eigenvalue weighted by molar-refractivity contribution is 0.0940. The Balaban J connectivity index is 1.35. The van der Waals surface area contributed by atoms with Gasteiger partial charge in [0.05, 0.1) is 29.2 Å². The van der Waals surface area contributed by atoms with Crippen molar-refractivity contribution in [3.05, 3.63) is 113 Å². The molecule has 1 fully saturated rings. The van der Waals surface area contributed by atoms with Gasteiger partial charge in [-0.3, -0.25) is 14.4 Å². The van der Waals surface area contributed by atoms with Crippen molar-refractivity contribution in [2.45, 2.75) is 32.4 Å². The lowest BCUT2D eigenvalue weighted by Crippen LogP contribution is -2.26. The number of amides is 1. The number of hydrogen-bond acceptors (Lipinski definition) is 5. The van der Waals surface area contributed by atoms with Crippen molar-refractivity contribution in [1.29, 1.82) is 0 Å². The van der Waals surface area contributed by atoms with Gasteiger partial charge in [-0.15, -0.1) is 0 Å². The van der Waals surface area contributed by atoms with E-state index in [9.17, 15) is 9.90 Å². The molecule has 3 N–H and O–H groups in total. The minimum absolute atomic E-state index is 0.0107. The summed E-state index contributed by atoms with van der Waals surface area (Å²) >= 11 is 0. The van der Waals surface area contributed by atoms with Crippen LogP contribution in [0.1, 0.15) is 58.4 Å². The number of rotatable bonds is 8. The fraction of sp³-hybridized carbons (Fsp3) is 0.242. The van der Waals surface area contributed by atoms with Crippen molar-refractivity contribution in [1.82, 2.24) is 25.0 Å². The molecule has 3 heterocycles.